The van der Waals surface area contributed by atoms with Crippen molar-refractivity contribution in [2.45, 2.75) is 12.4 Å². The lowest BCUT2D eigenvalue weighted by Crippen LogP contribution is -2.46. The monoisotopic (exact) mass is 419 g/mol. The zero-order chi connectivity index (χ0) is 22.0. The average Bonchev–Trinajstić information content (AvgIpc) is 2.62. The summed E-state index contributed by atoms with van der Waals surface area (Å²) < 4.78 is 63.5. The molecule has 0 radical (unpaired) electrons. The third kappa shape index (κ3) is 10.3. The quantitative estimate of drug-likeness (QED) is 0.589. The first kappa shape index (κ1) is 25.1. The van der Waals surface area contributed by atoms with Crippen LogP contribution in [-0.4, -0.2) is 76.5 Å². The van der Waals surface area contributed by atoms with E-state index in [0.29, 0.717) is 5.56 Å². The van der Waals surface area contributed by atoms with Crippen LogP contribution in [0.3, 0.4) is 0 Å². The molecular formula is C14H15F6N3O5. The van der Waals surface area contributed by atoms with Crippen LogP contribution < -0.4 is 5.32 Å². The molecule has 0 spiro atoms. The number of carboxylic acids is 2. The highest BCUT2D eigenvalue weighted by Crippen LogP contribution is 2.13. The third-order valence-electron chi connectivity index (χ3n) is 2.80. The molecule has 0 aromatic carbocycles. The molecule has 1 fully saturated rings. The van der Waals surface area contributed by atoms with E-state index >= 15 is 0 Å². The fourth-order valence-corrected chi connectivity index (χ4v) is 1.54. The molecule has 0 unspecified atom stereocenters. The number of carbonyl (C=O) groups excluding carboxylic acids is 1. The predicted molar refractivity (Wildman–Crippen MR) is 80.4 cm³/mol. The fraction of sp³-hybridized carbons (Fsp3) is 0.429. The Labute approximate surface area is 153 Å². The molecule has 1 saturated heterocycles. The maximum atomic E-state index is 11.9. The van der Waals surface area contributed by atoms with Crippen LogP contribution in [0.2, 0.25) is 0 Å². The second-order valence-electron chi connectivity index (χ2n) is 4.89. The van der Waals surface area contributed by atoms with Gasteiger partial charge in [-0.1, -0.05) is 0 Å². The van der Waals surface area contributed by atoms with E-state index in [9.17, 15) is 31.1 Å². The van der Waals surface area contributed by atoms with Gasteiger partial charge in [-0.15, -0.1) is 0 Å². The predicted octanol–water partition coefficient (Wildman–Crippen LogP) is 1.39. The lowest BCUT2D eigenvalue weighted by Gasteiger charge is -2.27. The van der Waals surface area contributed by atoms with Crippen LogP contribution in [0.4, 0.5) is 26.3 Å². The highest BCUT2D eigenvalue weighted by atomic mass is 19.4. The molecule has 1 aliphatic rings. The van der Waals surface area contributed by atoms with E-state index in [0.717, 1.165) is 26.2 Å². The summed E-state index contributed by atoms with van der Waals surface area (Å²) in [7, 11) is 0. The van der Waals surface area contributed by atoms with Crippen molar-refractivity contribution < 1.29 is 50.9 Å². The van der Waals surface area contributed by atoms with Crippen molar-refractivity contribution in [3.05, 3.63) is 30.1 Å². The number of rotatable bonds is 1. The van der Waals surface area contributed by atoms with Gasteiger partial charge in [-0.3, -0.25) is 9.78 Å². The number of nitrogens with one attached hydrogen (secondary N) is 1. The zero-order valence-electron chi connectivity index (χ0n) is 13.9. The van der Waals surface area contributed by atoms with Crippen molar-refractivity contribution in [1.82, 2.24) is 15.2 Å². The Hall–Kier alpha value is -2.90. The number of hydrogen-bond acceptors (Lipinski definition) is 5. The Balaban J connectivity index is 0.000000444. The molecule has 2 heterocycles. The molecule has 8 nitrogen and oxygen atoms in total. The Morgan fingerprint density at radius 1 is 0.964 bits per heavy atom. The van der Waals surface area contributed by atoms with Gasteiger partial charge in [0.15, 0.2) is 0 Å². The molecule has 0 atom stereocenters. The van der Waals surface area contributed by atoms with E-state index < -0.39 is 24.3 Å². The van der Waals surface area contributed by atoms with Gasteiger partial charge in [0.25, 0.3) is 5.91 Å². The lowest BCUT2D eigenvalue weighted by molar-refractivity contribution is -0.193. The molecule has 0 saturated carbocycles. The van der Waals surface area contributed by atoms with E-state index in [4.69, 9.17) is 19.8 Å². The Bertz CT molecular complexity index is 621. The summed E-state index contributed by atoms with van der Waals surface area (Å²) in [6.07, 6.45) is -6.88. The molecule has 0 aliphatic carbocycles. The van der Waals surface area contributed by atoms with Crippen LogP contribution in [0, 0.1) is 0 Å². The van der Waals surface area contributed by atoms with Crippen LogP contribution in [0.1, 0.15) is 10.4 Å². The Morgan fingerprint density at radius 3 is 1.71 bits per heavy atom. The van der Waals surface area contributed by atoms with Crippen LogP contribution >= 0.6 is 0 Å². The van der Waals surface area contributed by atoms with Gasteiger partial charge in [0.1, 0.15) is 0 Å². The Kier molecular flexibility index (Phi) is 9.91. The number of halogens is 6. The van der Waals surface area contributed by atoms with E-state index in [-0.39, 0.29) is 5.91 Å². The molecule has 1 amide bonds. The highest BCUT2D eigenvalue weighted by Gasteiger charge is 2.38. The van der Waals surface area contributed by atoms with Gasteiger partial charge in [-0.2, -0.15) is 26.3 Å². The number of pyridine rings is 1. The summed E-state index contributed by atoms with van der Waals surface area (Å²) in [5.41, 5.74) is 0.675. The minimum Gasteiger partial charge on any atom is -0.475 e. The van der Waals surface area contributed by atoms with Gasteiger partial charge < -0.3 is 20.4 Å². The normalized spacial score (nSPS) is 14.0. The summed E-state index contributed by atoms with van der Waals surface area (Å²) >= 11 is 0. The van der Waals surface area contributed by atoms with E-state index in [2.05, 4.69) is 10.3 Å². The van der Waals surface area contributed by atoms with Crippen LogP contribution in [0.25, 0.3) is 0 Å². The average molecular weight is 419 g/mol. The standard InChI is InChI=1S/C10H13N3O.2C2HF3O2/c14-10(9-2-1-3-12-8-9)13-6-4-11-5-7-13;2*3-2(4,5)1(6)7/h1-3,8,11H,4-7H2;2*(H,6,7). The Morgan fingerprint density at radius 2 is 1.39 bits per heavy atom. The summed E-state index contributed by atoms with van der Waals surface area (Å²) in [5, 5.41) is 17.5. The van der Waals surface area contributed by atoms with Gasteiger partial charge in [0.05, 0.1) is 5.56 Å². The molecule has 28 heavy (non-hydrogen) atoms. The molecule has 0 bridgehead atoms. The lowest BCUT2D eigenvalue weighted by atomic mass is 10.2. The first-order chi connectivity index (χ1) is 12.8. The number of alkyl halides is 6. The minimum absolute atomic E-state index is 0.0830. The van der Waals surface area contributed by atoms with Crippen molar-refractivity contribution in [3.8, 4) is 0 Å². The summed E-state index contributed by atoms with van der Waals surface area (Å²) in [4.78, 5) is 35.4. The van der Waals surface area contributed by atoms with Crippen LogP contribution in [-0.2, 0) is 9.59 Å². The van der Waals surface area contributed by atoms with E-state index in [1.54, 1.807) is 24.5 Å². The SMILES string of the molecule is O=C(O)C(F)(F)F.O=C(O)C(F)(F)F.O=C(c1cccnc1)N1CCNCC1. The fourth-order valence-electron chi connectivity index (χ4n) is 1.54. The van der Waals surface area contributed by atoms with Crippen molar-refractivity contribution in [1.29, 1.82) is 0 Å². The van der Waals surface area contributed by atoms with Gasteiger partial charge in [-0.05, 0) is 12.1 Å². The summed E-state index contributed by atoms with van der Waals surface area (Å²) in [6, 6.07) is 3.59. The second-order valence-corrected chi connectivity index (χ2v) is 4.89. The smallest absolute Gasteiger partial charge is 0.475 e. The summed E-state index contributed by atoms with van der Waals surface area (Å²) in [6.45, 7) is 3.33. The number of aromatic nitrogens is 1. The molecule has 1 aromatic rings. The van der Waals surface area contributed by atoms with Gasteiger partial charge in [-0.25, -0.2) is 9.59 Å². The first-order valence-corrected chi connectivity index (χ1v) is 7.27. The van der Waals surface area contributed by atoms with Crippen molar-refractivity contribution in [2.24, 2.45) is 0 Å². The van der Waals surface area contributed by atoms with Crippen LogP contribution in [0.5, 0.6) is 0 Å². The van der Waals surface area contributed by atoms with Crippen molar-refractivity contribution in [2.75, 3.05) is 26.2 Å². The molecule has 14 heteroatoms. The maximum absolute atomic E-state index is 11.9. The number of carboxylic acid groups (broad SMARTS) is 2. The molecular weight excluding hydrogens is 404 g/mol. The van der Waals surface area contributed by atoms with E-state index in [1.165, 1.54) is 0 Å². The number of hydrogen-bond donors (Lipinski definition) is 3. The highest BCUT2D eigenvalue weighted by molar-refractivity contribution is 5.93. The van der Waals surface area contributed by atoms with Gasteiger partial charge >= 0.3 is 24.3 Å². The molecule has 1 aromatic heterocycles. The van der Waals surface area contributed by atoms with Crippen LogP contribution in [0.15, 0.2) is 24.5 Å². The molecule has 3 N–H and O–H groups in total. The number of nitrogens with zero attached hydrogens (tertiary/aromatic N) is 2. The topological polar surface area (TPSA) is 120 Å². The van der Waals surface area contributed by atoms with Gasteiger partial charge in [0.2, 0.25) is 0 Å². The number of carbonyl (C=O) groups is 3. The minimum atomic E-state index is -5.08. The second kappa shape index (κ2) is 11.1. The van der Waals surface area contributed by atoms with Crippen molar-refractivity contribution in [3.63, 3.8) is 0 Å². The number of aliphatic carboxylic acids is 2. The third-order valence-corrected chi connectivity index (χ3v) is 2.80. The largest absolute Gasteiger partial charge is 0.490 e. The maximum Gasteiger partial charge on any atom is 0.490 e. The van der Waals surface area contributed by atoms with E-state index in [1.807, 2.05) is 4.90 Å². The number of amides is 1. The molecule has 158 valence electrons. The summed E-state index contributed by atoms with van der Waals surface area (Å²) in [5.74, 6) is -5.43. The zero-order valence-corrected chi connectivity index (χ0v) is 13.9. The number of piperazine rings is 1. The van der Waals surface area contributed by atoms with Crippen molar-refractivity contribution >= 4 is 17.8 Å². The molecule has 2 rings (SSSR count). The van der Waals surface area contributed by atoms with Gasteiger partial charge in [0, 0.05) is 38.6 Å². The molecule has 1 aliphatic heterocycles. The first-order valence-electron chi connectivity index (χ1n) is 7.27.